The summed E-state index contributed by atoms with van der Waals surface area (Å²) in [6.45, 7) is 8.26. The molecule has 3 aromatic carbocycles. The Morgan fingerprint density at radius 1 is 0.818 bits per heavy atom. The van der Waals surface area contributed by atoms with E-state index in [-0.39, 0.29) is 30.9 Å². The Bertz CT molecular complexity index is 1080. The van der Waals surface area contributed by atoms with Gasteiger partial charge in [0.25, 0.3) is 0 Å². The summed E-state index contributed by atoms with van der Waals surface area (Å²) in [5.41, 5.74) is 7.42. The Labute approximate surface area is 196 Å². The monoisotopic (exact) mass is 443 g/mol. The number of amides is 2. The molecule has 2 amide bonds. The number of carbonyl (C=O) groups is 2. The van der Waals surface area contributed by atoms with Crippen LogP contribution in [0.3, 0.4) is 0 Å². The van der Waals surface area contributed by atoms with Crippen LogP contribution in [0.1, 0.15) is 35.2 Å². The fraction of sp³-hybridized carbons (Fsp3) is 0.286. The lowest BCUT2D eigenvalue weighted by Crippen LogP contribution is -2.39. The van der Waals surface area contributed by atoms with Crippen LogP contribution in [0.2, 0.25) is 0 Å². The molecule has 0 unspecified atom stereocenters. The van der Waals surface area contributed by atoms with E-state index in [2.05, 4.69) is 34.9 Å². The van der Waals surface area contributed by atoms with E-state index in [1.54, 1.807) is 11.9 Å². The smallest absolute Gasteiger partial charge is 0.238 e. The zero-order valence-corrected chi connectivity index (χ0v) is 20.1. The zero-order valence-electron chi connectivity index (χ0n) is 20.1. The van der Waals surface area contributed by atoms with Crippen LogP contribution in [-0.2, 0) is 9.59 Å². The van der Waals surface area contributed by atoms with E-state index < -0.39 is 0 Å². The van der Waals surface area contributed by atoms with Crippen LogP contribution < -0.4 is 10.6 Å². The second-order valence-electron chi connectivity index (χ2n) is 8.77. The number of hydrogen-bond acceptors (Lipinski definition) is 3. The van der Waals surface area contributed by atoms with Gasteiger partial charge in [0.15, 0.2) is 0 Å². The first-order valence-electron chi connectivity index (χ1n) is 11.2. The third-order valence-electron chi connectivity index (χ3n) is 5.66. The lowest BCUT2D eigenvalue weighted by Gasteiger charge is -2.20. The Kier molecular flexibility index (Phi) is 8.01. The maximum absolute atomic E-state index is 12.5. The molecule has 0 fully saturated rings. The van der Waals surface area contributed by atoms with Crippen LogP contribution in [-0.4, -0.2) is 36.9 Å². The van der Waals surface area contributed by atoms with Gasteiger partial charge in [-0.2, -0.15) is 0 Å². The lowest BCUT2D eigenvalue weighted by molar-refractivity contribution is -0.123. The first kappa shape index (κ1) is 24.2. The standard InChI is InChI=1S/C28H33N3O2/c1-19-15-20(2)28(21(3)16-19)30-27(33)18-31(5)17-26(32)29-22(4)23-11-13-25(14-12-23)24-9-7-6-8-10-24/h6-16,22H,17-18H2,1-5H3,(H,29,32)(H,30,33)/t22-/m0/s1. The van der Waals surface area contributed by atoms with E-state index in [9.17, 15) is 9.59 Å². The molecule has 0 radical (unpaired) electrons. The van der Waals surface area contributed by atoms with Gasteiger partial charge in [0.05, 0.1) is 19.1 Å². The average molecular weight is 444 g/mol. The molecule has 0 aliphatic heterocycles. The van der Waals surface area contributed by atoms with E-state index in [1.807, 2.05) is 70.2 Å². The molecule has 3 aromatic rings. The molecule has 2 N–H and O–H groups in total. The van der Waals surface area contributed by atoms with Crippen molar-refractivity contribution >= 4 is 17.5 Å². The molecule has 0 aliphatic carbocycles. The van der Waals surface area contributed by atoms with E-state index in [0.717, 1.165) is 33.5 Å². The van der Waals surface area contributed by atoms with Crippen molar-refractivity contribution in [2.45, 2.75) is 33.7 Å². The number of anilines is 1. The van der Waals surface area contributed by atoms with Gasteiger partial charge in [-0.3, -0.25) is 14.5 Å². The molecule has 172 valence electrons. The van der Waals surface area contributed by atoms with Crippen molar-refractivity contribution in [1.29, 1.82) is 0 Å². The largest absolute Gasteiger partial charge is 0.348 e. The van der Waals surface area contributed by atoms with Crippen LogP contribution in [0.4, 0.5) is 5.69 Å². The zero-order chi connectivity index (χ0) is 24.0. The summed E-state index contributed by atoms with van der Waals surface area (Å²) in [5, 5.41) is 6.00. The summed E-state index contributed by atoms with van der Waals surface area (Å²) in [6, 6.07) is 22.4. The number of nitrogens with one attached hydrogen (secondary N) is 2. The van der Waals surface area contributed by atoms with Gasteiger partial charge in [-0.1, -0.05) is 72.3 Å². The number of rotatable bonds is 8. The van der Waals surface area contributed by atoms with Crippen molar-refractivity contribution < 1.29 is 9.59 Å². The van der Waals surface area contributed by atoms with Gasteiger partial charge in [-0.25, -0.2) is 0 Å². The van der Waals surface area contributed by atoms with E-state index in [1.165, 1.54) is 5.56 Å². The second-order valence-corrected chi connectivity index (χ2v) is 8.77. The minimum atomic E-state index is -0.134. The van der Waals surface area contributed by atoms with E-state index in [4.69, 9.17) is 0 Å². The van der Waals surface area contributed by atoms with E-state index in [0.29, 0.717) is 0 Å². The van der Waals surface area contributed by atoms with Crippen LogP contribution >= 0.6 is 0 Å². The van der Waals surface area contributed by atoms with Gasteiger partial charge in [-0.15, -0.1) is 0 Å². The summed E-state index contributed by atoms with van der Waals surface area (Å²) >= 11 is 0. The third-order valence-corrected chi connectivity index (χ3v) is 5.66. The predicted octanol–water partition coefficient (Wildman–Crippen LogP) is 5.03. The molecule has 0 bridgehead atoms. The molecule has 0 spiro atoms. The first-order chi connectivity index (χ1) is 15.7. The highest BCUT2D eigenvalue weighted by Crippen LogP contribution is 2.23. The number of carbonyl (C=O) groups excluding carboxylic acids is 2. The minimum absolute atomic E-state index is 0.118. The quantitative estimate of drug-likeness (QED) is 0.514. The van der Waals surface area contributed by atoms with Crippen molar-refractivity contribution in [2.75, 3.05) is 25.5 Å². The summed E-state index contributed by atoms with van der Waals surface area (Å²) < 4.78 is 0. The molecule has 33 heavy (non-hydrogen) atoms. The number of benzene rings is 3. The molecule has 0 saturated heterocycles. The highest BCUT2D eigenvalue weighted by atomic mass is 16.2. The maximum Gasteiger partial charge on any atom is 0.238 e. The van der Waals surface area contributed by atoms with Gasteiger partial charge in [0.2, 0.25) is 11.8 Å². The number of hydrogen-bond donors (Lipinski definition) is 2. The fourth-order valence-electron chi connectivity index (χ4n) is 4.07. The van der Waals surface area contributed by atoms with Crippen molar-refractivity contribution in [3.63, 3.8) is 0 Å². The summed E-state index contributed by atoms with van der Waals surface area (Å²) in [6.07, 6.45) is 0. The molecular weight excluding hydrogens is 410 g/mol. The molecule has 0 saturated carbocycles. The molecule has 5 nitrogen and oxygen atoms in total. The topological polar surface area (TPSA) is 61.4 Å². The molecule has 1 atom stereocenters. The molecular formula is C28H33N3O2. The third kappa shape index (κ3) is 6.77. The average Bonchev–Trinajstić information content (AvgIpc) is 2.76. The highest BCUT2D eigenvalue weighted by Gasteiger charge is 2.15. The van der Waals surface area contributed by atoms with E-state index >= 15 is 0 Å². The maximum atomic E-state index is 12.5. The van der Waals surface area contributed by atoms with Crippen LogP contribution in [0.5, 0.6) is 0 Å². The molecule has 3 rings (SSSR count). The van der Waals surface area contributed by atoms with Gasteiger partial charge in [0.1, 0.15) is 0 Å². The molecule has 5 heteroatoms. The Hall–Kier alpha value is -3.44. The Balaban J connectivity index is 1.50. The summed E-state index contributed by atoms with van der Waals surface area (Å²) in [7, 11) is 1.77. The normalized spacial score (nSPS) is 11.8. The van der Waals surface area contributed by atoms with Gasteiger partial charge >= 0.3 is 0 Å². The highest BCUT2D eigenvalue weighted by molar-refractivity contribution is 5.94. The summed E-state index contributed by atoms with van der Waals surface area (Å²) in [4.78, 5) is 26.7. The van der Waals surface area contributed by atoms with Gasteiger partial charge < -0.3 is 10.6 Å². The van der Waals surface area contributed by atoms with Crippen molar-refractivity contribution in [3.8, 4) is 11.1 Å². The Morgan fingerprint density at radius 2 is 1.36 bits per heavy atom. The Morgan fingerprint density at radius 3 is 1.97 bits per heavy atom. The lowest BCUT2D eigenvalue weighted by atomic mass is 10.0. The minimum Gasteiger partial charge on any atom is -0.348 e. The van der Waals surface area contributed by atoms with Gasteiger partial charge in [-0.05, 0) is 62.6 Å². The molecule has 0 aromatic heterocycles. The van der Waals surface area contributed by atoms with Crippen LogP contribution in [0, 0.1) is 20.8 Å². The van der Waals surface area contributed by atoms with Crippen LogP contribution in [0.15, 0.2) is 66.7 Å². The van der Waals surface area contributed by atoms with Crippen molar-refractivity contribution in [3.05, 3.63) is 89.0 Å². The SMILES string of the molecule is Cc1cc(C)c(NC(=O)CN(C)CC(=O)N[C@@H](C)c2ccc(-c3ccccc3)cc2)c(C)c1. The predicted molar refractivity (Wildman–Crippen MR) is 135 cm³/mol. The van der Waals surface area contributed by atoms with Crippen molar-refractivity contribution in [1.82, 2.24) is 10.2 Å². The number of likely N-dealkylation sites (N-methyl/N-ethyl adjacent to an activating group) is 1. The number of nitrogens with zero attached hydrogens (tertiary/aromatic N) is 1. The summed E-state index contributed by atoms with van der Waals surface area (Å²) in [5.74, 6) is -0.252. The number of aryl methyl sites for hydroxylation is 3. The molecule has 0 heterocycles. The first-order valence-corrected chi connectivity index (χ1v) is 11.2. The second kappa shape index (κ2) is 10.9. The molecule has 0 aliphatic rings. The fourth-order valence-corrected chi connectivity index (χ4v) is 4.07. The van der Waals surface area contributed by atoms with Crippen molar-refractivity contribution in [2.24, 2.45) is 0 Å². The van der Waals surface area contributed by atoms with Gasteiger partial charge in [0, 0.05) is 5.69 Å². The van der Waals surface area contributed by atoms with Crippen LogP contribution in [0.25, 0.3) is 11.1 Å².